The van der Waals surface area contributed by atoms with Crippen molar-refractivity contribution in [2.45, 2.75) is 13.0 Å². The Kier molecular flexibility index (Phi) is 3.70. The maximum Gasteiger partial charge on any atom is 0.287 e. The van der Waals surface area contributed by atoms with Gasteiger partial charge in [-0.3, -0.25) is 10.1 Å². The highest BCUT2D eigenvalue weighted by molar-refractivity contribution is 5.42. The van der Waals surface area contributed by atoms with Crippen LogP contribution in [-0.4, -0.2) is 9.91 Å². The molecule has 0 spiro atoms. The lowest BCUT2D eigenvalue weighted by Crippen LogP contribution is -2.07. The number of hydrogen-bond donors (Lipinski definition) is 1. The van der Waals surface area contributed by atoms with Crippen LogP contribution in [0.15, 0.2) is 42.6 Å². The van der Waals surface area contributed by atoms with Crippen LogP contribution in [0.2, 0.25) is 0 Å². The molecular formula is C13H12FN3O2. The van der Waals surface area contributed by atoms with Gasteiger partial charge >= 0.3 is 0 Å². The van der Waals surface area contributed by atoms with Gasteiger partial charge in [-0.1, -0.05) is 12.1 Å². The summed E-state index contributed by atoms with van der Waals surface area (Å²) in [4.78, 5) is 14.0. The SMILES string of the molecule is C[C@@H](Nc1ccc([N+](=O)[O-])cn1)c1ccc(F)cc1. The lowest BCUT2D eigenvalue weighted by atomic mass is 10.1. The van der Waals surface area contributed by atoms with Gasteiger partial charge in [0.15, 0.2) is 0 Å². The summed E-state index contributed by atoms with van der Waals surface area (Å²) in [7, 11) is 0. The minimum atomic E-state index is -0.500. The Morgan fingerprint density at radius 3 is 2.47 bits per heavy atom. The van der Waals surface area contributed by atoms with Crippen LogP contribution in [0.3, 0.4) is 0 Å². The molecule has 0 aliphatic carbocycles. The van der Waals surface area contributed by atoms with E-state index in [2.05, 4.69) is 10.3 Å². The molecule has 0 aliphatic heterocycles. The second-order valence-electron chi connectivity index (χ2n) is 4.08. The maximum atomic E-state index is 12.8. The number of benzene rings is 1. The number of hydrogen-bond acceptors (Lipinski definition) is 4. The molecule has 1 heterocycles. The van der Waals surface area contributed by atoms with E-state index in [1.807, 2.05) is 6.92 Å². The number of nitrogens with zero attached hydrogens (tertiary/aromatic N) is 2. The third-order valence-electron chi connectivity index (χ3n) is 2.69. The Morgan fingerprint density at radius 1 is 1.26 bits per heavy atom. The zero-order valence-electron chi connectivity index (χ0n) is 10.2. The molecule has 1 aromatic heterocycles. The zero-order chi connectivity index (χ0) is 13.8. The van der Waals surface area contributed by atoms with E-state index in [0.717, 1.165) is 5.56 Å². The monoisotopic (exact) mass is 261 g/mol. The quantitative estimate of drug-likeness (QED) is 0.677. The van der Waals surface area contributed by atoms with Crippen LogP contribution < -0.4 is 5.32 Å². The van der Waals surface area contributed by atoms with Crippen molar-refractivity contribution in [2.24, 2.45) is 0 Å². The predicted molar refractivity (Wildman–Crippen MR) is 69.3 cm³/mol. The summed E-state index contributed by atoms with van der Waals surface area (Å²) >= 11 is 0. The van der Waals surface area contributed by atoms with E-state index in [1.165, 1.54) is 30.5 Å². The summed E-state index contributed by atoms with van der Waals surface area (Å²) in [5, 5.41) is 13.6. The molecule has 5 nitrogen and oxygen atoms in total. The van der Waals surface area contributed by atoms with Gasteiger partial charge in [0.25, 0.3) is 5.69 Å². The zero-order valence-corrected chi connectivity index (χ0v) is 10.2. The fraction of sp³-hybridized carbons (Fsp3) is 0.154. The van der Waals surface area contributed by atoms with Crippen LogP contribution in [0, 0.1) is 15.9 Å². The van der Waals surface area contributed by atoms with Crippen molar-refractivity contribution in [1.82, 2.24) is 4.98 Å². The summed E-state index contributed by atoms with van der Waals surface area (Å²) in [6.45, 7) is 1.90. The van der Waals surface area contributed by atoms with Crippen LogP contribution >= 0.6 is 0 Å². The first-order chi connectivity index (χ1) is 9.06. The standard InChI is InChI=1S/C13H12FN3O2/c1-9(10-2-4-11(14)5-3-10)16-13-7-6-12(8-15-13)17(18)19/h2-9H,1H3,(H,15,16)/t9-/m1/s1. The number of rotatable bonds is 4. The first-order valence-electron chi connectivity index (χ1n) is 5.68. The van der Waals surface area contributed by atoms with E-state index in [1.54, 1.807) is 12.1 Å². The number of nitrogens with one attached hydrogen (secondary N) is 1. The third-order valence-corrected chi connectivity index (χ3v) is 2.69. The van der Waals surface area contributed by atoms with Gasteiger partial charge in [-0.05, 0) is 30.7 Å². The first-order valence-corrected chi connectivity index (χ1v) is 5.68. The molecule has 6 heteroatoms. The second-order valence-corrected chi connectivity index (χ2v) is 4.08. The molecule has 0 amide bonds. The van der Waals surface area contributed by atoms with E-state index < -0.39 is 4.92 Å². The molecule has 98 valence electrons. The minimum absolute atomic E-state index is 0.0556. The molecule has 19 heavy (non-hydrogen) atoms. The minimum Gasteiger partial charge on any atom is -0.364 e. The molecule has 2 rings (SSSR count). The molecule has 0 fully saturated rings. The van der Waals surface area contributed by atoms with Gasteiger partial charge in [-0.15, -0.1) is 0 Å². The van der Waals surface area contributed by atoms with E-state index in [9.17, 15) is 14.5 Å². The van der Waals surface area contributed by atoms with Crippen molar-refractivity contribution in [3.8, 4) is 0 Å². The van der Waals surface area contributed by atoms with Crippen LogP contribution in [0.5, 0.6) is 0 Å². The van der Waals surface area contributed by atoms with Crippen molar-refractivity contribution < 1.29 is 9.31 Å². The highest BCUT2D eigenvalue weighted by Crippen LogP contribution is 2.19. The summed E-state index contributed by atoms with van der Waals surface area (Å²) in [5.41, 5.74) is 0.849. The molecule has 0 bridgehead atoms. The van der Waals surface area contributed by atoms with Crippen LogP contribution in [0.4, 0.5) is 15.9 Å². The van der Waals surface area contributed by atoms with E-state index >= 15 is 0 Å². The topological polar surface area (TPSA) is 68.1 Å². The van der Waals surface area contributed by atoms with Crippen LogP contribution in [0.25, 0.3) is 0 Å². The van der Waals surface area contributed by atoms with Crippen molar-refractivity contribution in [3.05, 3.63) is 64.1 Å². The molecule has 0 aliphatic rings. The molecule has 1 atom stereocenters. The smallest absolute Gasteiger partial charge is 0.287 e. The van der Waals surface area contributed by atoms with Crippen molar-refractivity contribution in [2.75, 3.05) is 5.32 Å². The van der Waals surface area contributed by atoms with Gasteiger partial charge in [0.05, 0.1) is 4.92 Å². The van der Waals surface area contributed by atoms with Crippen molar-refractivity contribution in [1.29, 1.82) is 0 Å². The number of aromatic nitrogens is 1. The predicted octanol–water partition coefficient (Wildman–Crippen LogP) is 3.30. The van der Waals surface area contributed by atoms with Gasteiger partial charge in [0.1, 0.15) is 17.8 Å². The molecule has 0 saturated heterocycles. The first kappa shape index (κ1) is 12.9. The second kappa shape index (κ2) is 5.43. The molecule has 0 saturated carbocycles. The lowest BCUT2D eigenvalue weighted by Gasteiger charge is -2.14. The molecule has 0 radical (unpaired) electrons. The van der Waals surface area contributed by atoms with Crippen molar-refractivity contribution >= 4 is 11.5 Å². The third kappa shape index (κ3) is 3.25. The average Bonchev–Trinajstić information content (AvgIpc) is 2.40. The number of halogens is 1. The Balaban J connectivity index is 2.08. The summed E-state index contributed by atoms with van der Waals surface area (Å²) in [6, 6.07) is 8.98. The van der Waals surface area contributed by atoms with Crippen LogP contribution in [0.1, 0.15) is 18.5 Å². The van der Waals surface area contributed by atoms with Crippen molar-refractivity contribution in [3.63, 3.8) is 0 Å². The summed E-state index contributed by atoms with van der Waals surface area (Å²) in [6.07, 6.45) is 1.19. The summed E-state index contributed by atoms with van der Waals surface area (Å²) < 4.78 is 12.8. The maximum absolute atomic E-state index is 12.8. The summed E-state index contributed by atoms with van der Waals surface area (Å²) in [5.74, 6) is 0.242. The van der Waals surface area contributed by atoms with Gasteiger partial charge < -0.3 is 5.32 Å². The molecule has 1 aromatic carbocycles. The molecule has 2 aromatic rings. The Hall–Kier alpha value is -2.50. The van der Waals surface area contributed by atoms with E-state index in [-0.39, 0.29) is 17.5 Å². The van der Waals surface area contributed by atoms with Gasteiger partial charge in [0.2, 0.25) is 0 Å². The highest BCUT2D eigenvalue weighted by atomic mass is 19.1. The molecule has 0 unspecified atom stereocenters. The lowest BCUT2D eigenvalue weighted by molar-refractivity contribution is -0.385. The fourth-order valence-electron chi connectivity index (χ4n) is 1.64. The number of nitro groups is 1. The largest absolute Gasteiger partial charge is 0.364 e. The van der Waals surface area contributed by atoms with Crippen LogP contribution in [-0.2, 0) is 0 Å². The molecule has 1 N–H and O–H groups in total. The Bertz CT molecular complexity index is 569. The number of anilines is 1. The Labute approximate surface area is 109 Å². The Morgan fingerprint density at radius 2 is 1.95 bits per heavy atom. The van der Waals surface area contributed by atoms with E-state index in [0.29, 0.717) is 5.82 Å². The molecular weight excluding hydrogens is 249 g/mol. The highest BCUT2D eigenvalue weighted by Gasteiger charge is 2.08. The number of pyridine rings is 1. The average molecular weight is 261 g/mol. The van der Waals surface area contributed by atoms with E-state index in [4.69, 9.17) is 0 Å². The normalized spacial score (nSPS) is 11.9. The fourth-order valence-corrected chi connectivity index (χ4v) is 1.64. The van der Waals surface area contributed by atoms with Gasteiger partial charge in [-0.25, -0.2) is 9.37 Å². The van der Waals surface area contributed by atoms with Gasteiger partial charge in [0, 0.05) is 12.1 Å². The van der Waals surface area contributed by atoms with Gasteiger partial charge in [-0.2, -0.15) is 0 Å².